The second-order valence-corrected chi connectivity index (χ2v) is 5.57. The molecule has 4 rings (SSSR count). The molecule has 0 amide bonds. The Hall–Kier alpha value is -2.56. The molecule has 1 aliphatic rings. The highest BCUT2D eigenvalue weighted by molar-refractivity contribution is 6.82. The van der Waals surface area contributed by atoms with Crippen molar-refractivity contribution in [3.63, 3.8) is 0 Å². The van der Waals surface area contributed by atoms with E-state index in [-0.39, 0.29) is 6.85 Å². The number of hydrogen-bond acceptors (Lipinski definition) is 3. The summed E-state index contributed by atoms with van der Waals surface area (Å²) < 4.78 is 30.7. The third-order valence-corrected chi connectivity index (χ3v) is 4.12. The molecule has 3 aromatic heterocycles. The van der Waals surface area contributed by atoms with Gasteiger partial charge in [-0.05, 0) is 50.4 Å². The quantitative estimate of drug-likeness (QED) is 0.495. The molecular formula is C17H17BN3O+. The second kappa shape index (κ2) is 4.73. The summed E-state index contributed by atoms with van der Waals surface area (Å²) in [6, 6.07) is 7.40. The minimum atomic E-state index is -2.12. The second-order valence-electron chi connectivity index (χ2n) is 5.57. The van der Waals surface area contributed by atoms with Gasteiger partial charge in [0.1, 0.15) is 12.7 Å². The summed E-state index contributed by atoms with van der Waals surface area (Å²) in [7, 11) is 3.83. The highest BCUT2D eigenvalue weighted by Gasteiger charge is 2.39. The zero-order chi connectivity index (χ0) is 17.8. The number of hydrogen-bond donors (Lipinski definition) is 0. The van der Waals surface area contributed by atoms with E-state index in [0.29, 0.717) is 11.3 Å². The smallest absolute Gasteiger partial charge is 0.443 e. The predicted octanol–water partition coefficient (Wildman–Crippen LogP) is 0.983. The van der Waals surface area contributed by atoms with Crippen LogP contribution in [0.4, 0.5) is 0 Å². The standard InChI is InChI=1S/C17H17BN3O/c1-12-6-7-15(20(2)11-12)18-16-13(8-10-21(18)3)14-5-4-9-19-17(14)22-16/h4-11H,1-3H3/q+1/i1D3. The van der Waals surface area contributed by atoms with Crippen LogP contribution in [0.5, 0.6) is 0 Å². The van der Waals surface area contributed by atoms with Crippen molar-refractivity contribution in [1.82, 2.24) is 9.79 Å². The number of aryl methyl sites for hydroxylation is 2. The van der Waals surface area contributed by atoms with E-state index >= 15 is 0 Å². The van der Waals surface area contributed by atoms with Crippen molar-refractivity contribution in [2.45, 2.75) is 6.85 Å². The molecule has 0 bridgehead atoms. The monoisotopic (exact) mass is 293 g/mol. The summed E-state index contributed by atoms with van der Waals surface area (Å²) in [6.07, 6.45) is 7.41. The normalized spacial score (nSPS) is 16.4. The zero-order valence-electron chi connectivity index (χ0n) is 15.4. The maximum atomic E-state index is 7.59. The number of rotatable bonds is 1. The van der Waals surface area contributed by atoms with Gasteiger partial charge >= 0.3 is 6.85 Å². The van der Waals surface area contributed by atoms with Crippen molar-refractivity contribution in [2.75, 3.05) is 7.05 Å². The molecule has 0 fully saturated rings. The molecule has 0 atom stereocenters. The van der Waals surface area contributed by atoms with Gasteiger partial charge in [-0.3, -0.25) is 0 Å². The van der Waals surface area contributed by atoms with Crippen molar-refractivity contribution < 1.29 is 13.1 Å². The van der Waals surface area contributed by atoms with Crippen LogP contribution in [0.15, 0.2) is 47.3 Å². The fourth-order valence-corrected chi connectivity index (χ4v) is 3.05. The van der Waals surface area contributed by atoms with Crippen LogP contribution in [0.2, 0.25) is 0 Å². The molecule has 0 aliphatic carbocycles. The molecule has 5 heteroatoms. The summed E-state index contributed by atoms with van der Waals surface area (Å²) >= 11 is 0. The molecule has 4 heterocycles. The maximum Gasteiger partial charge on any atom is 0.443 e. The van der Waals surface area contributed by atoms with Crippen LogP contribution >= 0.6 is 0 Å². The van der Waals surface area contributed by atoms with Gasteiger partial charge in [0.15, 0.2) is 11.8 Å². The maximum absolute atomic E-state index is 7.59. The molecule has 0 saturated heterocycles. The van der Waals surface area contributed by atoms with E-state index in [9.17, 15) is 0 Å². The van der Waals surface area contributed by atoms with E-state index in [2.05, 4.69) is 9.79 Å². The van der Waals surface area contributed by atoms with E-state index < -0.39 is 6.85 Å². The molecule has 108 valence electrons. The molecule has 0 saturated carbocycles. The van der Waals surface area contributed by atoms with Gasteiger partial charge in [-0.2, -0.15) is 0 Å². The molecule has 0 unspecified atom stereocenters. The lowest BCUT2D eigenvalue weighted by Crippen LogP contribution is -2.65. The predicted molar refractivity (Wildman–Crippen MR) is 88.2 cm³/mol. The number of pyridine rings is 2. The van der Waals surface area contributed by atoms with Crippen molar-refractivity contribution >= 4 is 35.3 Å². The van der Waals surface area contributed by atoms with Gasteiger partial charge in [0.25, 0.3) is 0 Å². The number of nitrogens with zero attached hydrogens (tertiary/aromatic N) is 3. The van der Waals surface area contributed by atoms with E-state index in [1.165, 1.54) is 0 Å². The molecule has 1 aliphatic heterocycles. The van der Waals surface area contributed by atoms with Gasteiger partial charge in [0.2, 0.25) is 5.71 Å². The zero-order valence-corrected chi connectivity index (χ0v) is 12.4. The third-order valence-electron chi connectivity index (χ3n) is 4.12. The summed E-state index contributed by atoms with van der Waals surface area (Å²) in [5, 5.41) is 0.980. The van der Waals surface area contributed by atoms with Crippen LogP contribution in [0.1, 0.15) is 15.2 Å². The molecule has 22 heavy (non-hydrogen) atoms. The van der Waals surface area contributed by atoms with Crippen LogP contribution in [-0.2, 0) is 7.05 Å². The Morgan fingerprint density at radius 2 is 2.27 bits per heavy atom. The molecule has 3 aromatic rings. The Morgan fingerprint density at radius 1 is 1.36 bits per heavy atom. The first-order valence-electron chi connectivity index (χ1n) is 8.64. The lowest BCUT2D eigenvalue weighted by molar-refractivity contribution is -0.654. The summed E-state index contributed by atoms with van der Waals surface area (Å²) in [5.74, 6) is 0. The summed E-state index contributed by atoms with van der Waals surface area (Å²) in [5.41, 5.74) is 3.71. The van der Waals surface area contributed by atoms with Crippen LogP contribution in [-0.4, -0.2) is 23.7 Å². The highest BCUT2D eigenvalue weighted by Crippen LogP contribution is 2.22. The van der Waals surface area contributed by atoms with Crippen LogP contribution < -0.4 is 15.8 Å². The Kier molecular flexibility index (Phi) is 2.20. The topological polar surface area (TPSA) is 33.2 Å². The largest absolute Gasteiger partial charge is 0.449 e. The Bertz CT molecular complexity index is 996. The molecule has 0 N–H and O–H groups in total. The molecule has 0 radical (unpaired) electrons. The van der Waals surface area contributed by atoms with Gasteiger partial charge in [-0.1, -0.05) is 0 Å². The first-order chi connectivity index (χ1) is 11.9. The molecule has 4 nitrogen and oxygen atoms in total. The van der Waals surface area contributed by atoms with Crippen LogP contribution in [0.3, 0.4) is 0 Å². The number of furan rings is 1. The minimum Gasteiger partial charge on any atom is -0.449 e. The van der Waals surface area contributed by atoms with Crippen molar-refractivity contribution in [3.05, 3.63) is 54.0 Å². The van der Waals surface area contributed by atoms with Gasteiger partial charge < -0.3 is 9.23 Å². The van der Waals surface area contributed by atoms with E-state index in [1.54, 1.807) is 18.5 Å². The Labute approximate surface area is 134 Å². The summed E-state index contributed by atoms with van der Waals surface area (Å²) in [4.78, 5) is 6.36. The van der Waals surface area contributed by atoms with Crippen LogP contribution in [0.25, 0.3) is 17.2 Å². The van der Waals surface area contributed by atoms with Crippen LogP contribution in [0, 0.1) is 6.85 Å². The van der Waals surface area contributed by atoms with Crippen molar-refractivity contribution in [1.29, 1.82) is 0 Å². The van der Waals surface area contributed by atoms with Crippen molar-refractivity contribution in [3.8, 4) is 0 Å². The lowest BCUT2D eigenvalue weighted by Gasteiger charge is -2.23. The highest BCUT2D eigenvalue weighted by atomic mass is 16.3. The van der Waals surface area contributed by atoms with Gasteiger partial charge in [-0.25, -0.2) is 9.55 Å². The van der Waals surface area contributed by atoms with E-state index in [1.807, 2.05) is 49.1 Å². The van der Waals surface area contributed by atoms with E-state index in [0.717, 1.165) is 22.2 Å². The molecule has 0 aromatic carbocycles. The van der Waals surface area contributed by atoms with Gasteiger partial charge in [0.05, 0.1) is 0 Å². The molecule has 0 spiro atoms. The molecular weight excluding hydrogens is 273 g/mol. The fraction of sp³-hybridized carbons (Fsp3) is 0.176. The average molecular weight is 293 g/mol. The number of aromatic nitrogens is 2. The number of fused-ring (bicyclic) bond motifs is 3. The fourth-order valence-electron chi connectivity index (χ4n) is 3.05. The average Bonchev–Trinajstić information content (AvgIpc) is 2.93. The van der Waals surface area contributed by atoms with Gasteiger partial charge in [0, 0.05) is 26.8 Å². The van der Waals surface area contributed by atoms with Gasteiger partial charge in [-0.15, -0.1) is 0 Å². The first-order valence-corrected chi connectivity index (χ1v) is 7.14. The third kappa shape index (κ3) is 1.85. The first kappa shape index (κ1) is 10.2. The lowest BCUT2D eigenvalue weighted by atomic mass is 9.52. The summed E-state index contributed by atoms with van der Waals surface area (Å²) in [6.45, 7) is -2.27. The minimum absolute atomic E-state index is 0.148. The SMILES string of the molecule is [2H]C([2H])([2H])c1ccc(B2c3oc4ncccc4c3C=CN2C)[n+](C)c1. The van der Waals surface area contributed by atoms with Crippen molar-refractivity contribution in [2.24, 2.45) is 7.05 Å². The Balaban J connectivity index is 1.88. The Morgan fingerprint density at radius 3 is 3.09 bits per heavy atom. The van der Waals surface area contributed by atoms with E-state index in [4.69, 9.17) is 8.53 Å².